The third-order valence-corrected chi connectivity index (χ3v) is 7.34. The zero-order valence-corrected chi connectivity index (χ0v) is 19.2. The Morgan fingerprint density at radius 3 is 2.30 bits per heavy atom. The summed E-state index contributed by atoms with van der Waals surface area (Å²) in [4.78, 5) is 17.2. The van der Waals surface area contributed by atoms with Crippen LogP contribution in [0.4, 0.5) is 5.69 Å². The number of nitrogens with zero attached hydrogens (tertiary/aromatic N) is 3. The Kier molecular flexibility index (Phi) is 7.06. The maximum absolute atomic E-state index is 13.1. The summed E-state index contributed by atoms with van der Waals surface area (Å²) in [6.45, 7) is 8.16. The van der Waals surface area contributed by atoms with Gasteiger partial charge in [0.25, 0.3) is 15.9 Å². The van der Waals surface area contributed by atoms with E-state index in [0.29, 0.717) is 24.7 Å². The van der Waals surface area contributed by atoms with Crippen molar-refractivity contribution in [1.29, 1.82) is 0 Å². The number of carbonyl (C=O) groups is 1. The molecule has 162 valence electrons. The van der Waals surface area contributed by atoms with Gasteiger partial charge in [0.1, 0.15) is 0 Å². The highest BCUT2D eigenvalue weighted by atomic mass is 35.5. The van der Waals surface area contributed by atoms with Gasteiger partial charge in [-0.05, 0) is 36.2 Å². The van der Waals surface area contributed by atoms with Gasteiger partial charge in [-0.25, -0.2) is 8.42 Å². The van der Waals surface area contributed by atoms with Gasteiger partial charge in [0.05, 0.1) is 21.2 Å². The molecule has 1 amide bonds. The first-order valence-corrected chi connectivity index (χ1v) is 11.9. The van der Waals surface area contributed by atoms with Crippen LogP contribution in [0.3, 0.4) is 0 Å². The number of hydrogen-bond donors (Lipinski definition) is 0. The fraction of sp³-hybridized carbons (Fsp3) is 0.409. The average molecular weight is 450 g/mol. The van der Waals surface area contributed by atoms with Crippen LogP contribution in [0.15, 0.2) is 53.4 Å². The predicted octanol–water partition coefficient (Wildman–Crippen LogP) is 3.58. The lowest BCUT2D eigenvalue weighted by atomic mass is 10.1. The molecule has 6 nitrogen and oxygen atoms in total. The molecule has 1 aliphatic rings. The Bertz CT molecular complexity index is 988. The van der Waals surface area contributed by atoms with Crippen LogP contribution in [0.25, 0.3) is 0 Å². The molecule has 30 heavy (non-hydrogen) atoms. The van der Waals surface area contributed by atoms with E-state index < -0.39 is 10.0 Å². The van der Waals surface area contributed by atoms with Gasteiger partial charge in [0, 0.05) is 39.8 Å². The minimum absolute atomic E-state index is 0.0417. The predicted molar refractivity (Wildman–Crippen MR) is 121 cm³/mol. The molecule has 1 heterocycles. The second-order valence-corrected chi connectivity index (χ2v) is 10.3. The number of piperazine rings is 1. The maximum atomic E-state index is 13.1. The lowest BCUT2D eigenvalue weighted by Crippen LogP contribution is -2.49. The molecule has 0 unspecified atom stereocenters. The van der Waals surface area contributed by atoms with Gasteiger partial charge in [-0.2, -0.15) is 0 Å². The van der Waals surface area contributed by atoms with E-state index in [4.69, 9.17) is 11.6 Å². The first kappa shape index (κ1) is 22.6. The number of benzene rings is 2. The molecule has 1 aliphatic heterocycles. The van der Waals surface area contributed by atoms with Crippen molar-refractivity contribution >= 4 is 33.2 Å². The summed E-state index contributed by atoms with van der Waals surface area (Å²) in [5, 5.41) is 0.255. The molecule has 0 N–H and O–H groups in total. The molecule has 2 aromatic rings. The van der Waals surface area contributed by atoms with Crippen molar-refractivity contribution in [3.63, 3.8) is 0 Å². The van der Waals surface area contributed by atoms with Crippen molar-refractivity contribution in [1.82, 2.24) is 9.80 Å². The van der Waals surface area contributed by atoms with E-state index >= 15 is 0 Å². The van der Waals surface area contributed by atoms with E-state index in [9.17, 15) is 13.2 Å². The van der Waals surface area contributed by atoms with E-state index in [-0.39, 0.29) is 21.4 Å². The highest BCUT2D eigenvalue weighted by molar-refractivity contribution is 7.92. The van der Waals surface area contributed by atoms with E-state index in [2.05, 4.69) is 18.7 Å². The number of sulfonamides is 1. The minimum atomic E-state index is -3.82. The largest absolute Gasteiger partial charge is 0.336 e. The summed E-state index contributed by atoms with van der Waals surface area (Å²) in [5.41, 5.74) is 0.762. The van der Waals surface area contributed by atoms with Gasteiger partial charge in [-0.15, -0.1) is 0 Å². The summed E-state index contributed by atoms with van der Waals surface area (Å²) in [5.74, 6) is 0.341. The molecule has 0 radical (unpaired) electrons. The van der Waals surface area contributed by atoms with Crippen molar-refractivity contribution in [3.05, 3.63) is 59.1 Å². The van der Waals surface area contributed by atoms with Gasteiger partial charge >= 0.3 is 0 Å². The number of amides is 1. The number of anilines is 1. The summed E-state index contributed by atoms with van der Waals surface area (Å²) in [7, 11) is -2.33. The molecule has 0 aliphatic carbocycles. The van der Waals surface area contributed by atoms with Crippen LogP contribution in [-0.4, -0.2) is 63.9 Å². The van der Waals surface area contributed by atoms with E-state index in [1.54, 1.807) is 29.2 Å². The van der Waals surface area contributed by atoms with Crippen molar-refractivity contribution in [2.24, 2.45) is 5.92 Å². The third-order valence-electron chi connectivity index (χ3n) is 5.23. The monoisotopic (exact) mass is 449 g/mol. The molecule has 0 atom stereocenters. The molecule has 1 saturated heterocycles. The Labute approximate surface area is 184 Å². The van der Waals surface area contributed by atoms with E-state index in [1.807, 2.05) is 6.07 Å². The Hall–Kier alpha value is -2.09. The molecule has 0 bridgehead atoms. The van der Waals surface area contributed by atoms with Gasteiger partial charge < -0.3 is 4.90 Å². The summed E-state index contributed by atoms with van der Waals surface area (Å²) in [6.07, 6.45) is 0. The fourth-order valence-electron chi connectivity index (χ4n) is 3.58. The van der Waals surface area contributed by atoms with Gasteiger partial charge in [0.15, 0.2) is 0 Å². The molecule has 2 aromatic carbocycles. The quantitative estimate of drug-likeness (QED) is 0.676. The maximum Gasteiger partial charge on any atom is 0.264 e. The zero-order valence-electron chi connectivity index (χ0n) is 17.6. The SMILES string of the molecule is CC(C)CN1CCN(C(=O)c2cc(S(=O)(=O)N(C)c3ccccc3)ccc2Cl)CC1. The van der Waals surface area contributed by atoms with Gasteiger partial charge in [-0.1, -0.05) is 43.6 Å². The minimum Gasteiger partial charge on any atom is -0.336 e. The Balaban J connectivity index is 1.81. The van der Waals surface area contributed by atoms with Crippen LogP contribution in [0.1, 0.15) is 24.2 Å². The lowest BCUT2D eigenvalue weighted by molar-refractivity contribution is 0.0623. The molecule has 3 rings (SSSR count). The molecule has 1 fully saturated rings. The lowest BCUT2D eigenvalue weighted by Gasteiger charge is -2.35. The summed E-state index contributed by atoms with van der Waals surface area (Å²) < 4.78 is 27.4. The van der Waals surface area contributed by atoms with Crippen molar-refractivity contribution in [3.8, 4) is 0 Å². The van der Waals surface area contributed by atoms with Gasteiger partial charge in [0.2, 0.25) is 0 Å². The number of para-hydroxylation sites is 1. The van der Waals surface area contributed by atoms with Crippen LogP contribution in [-0.2, 0) is 10.0 Å². The first-order valence-electron chi connectivity index (χ1n) is 10.1. The summed E-state index contributed by atoms with van der Waals surface area (Å²) >= 11 is 6.29. The Morgan fingerprint density at radius 2 is 1.70 bits per heavy atom. The van der Waals surface area contributed by atoms with Crippen molar-refractivity contribution in [2.45, 2.75) is 18.7 Å². The smallest absolute Gasteiger partial charge is 0.264 e. The normalized spacial score (nSPS) is 15.4. The van der Waals surface area contributed by atoms with E-state index in [0.717, 1.165) is 19.6 Å². The number of rotatable bonds is 6. The fourth-order valence-corrected chi connectivity index (χ4v) is 5.00. The van der Waals surface area contributed by atoms with Crippen molar-refractivity contribution in [2.75, 3.05) is 44.1 Å². The zero-order chi connectivity index (χ0) is 21.9. The highest BCUT2D eigenvalue weighted by Crippen LogP contribution is 2.26. The number of hydrogen-bond acceptors (Lipinski definition) is 4. The topological polar surface area (TPSA) is 60.9 Å². The third kappa shape index (κ3) is 4.96. The standard InChI is InChI=1S/C22H28ClN3O3S/c1-17(2)16-25-11-13-26(14-12-25)22(27)20-15-19(9-10-21(20)23)30(28,29)24(3)18-7-5-4-6-8-18/h4-10,15,17H,11-14,16H2,1-3H3. The van der Waals surface area contributed by atoms with Crippen LogP contribution in [0.5, 0.6) is 0 Å². The second-order valence-electron chi connectivity index (χ2n) is 7.94. The van der Waals surface area contributed by atoms with Crippen molar-refractivity contribution < 1.29 is 13.2 Å². The molecule has 0 spiro atoms. The van der Waals surface area contributed by atoms with Crippen LogP contribution in [0.2, 0.25) is 5.02 Å². The van der Waals surface area contributed by atoms with E-state index in [1.165, 1.54) is 29.6 Å². The molecule has 0 saturated carbocycles. The molecule has 8 heteroatoms. The van der Waals surface area contributed by atoms with Crippen LogP contribution < -0.4 is 4.31 Å². The van der Waals surface area contributed by atoms with Gasteiger partial charge in [-0.3, -0.25) is 14.0 Å². The molecule has 0 aromatic heterocycles. The number of halogens is 1. The highest BCUT2D eigenvalue weighted by Gasteiger charge is 2.27. The second kappa shape index (κ2) is 9.37. The number of carbonyl (C=O) groups excluding carboxylic acids is 1. The summed E-state index contributed by atoms with van der Waals surface area (Å²) in [6, 6.07) is 13.1. The Morgan fingerprint density at radius 1 is 1.07 bits per heavy atom. The average Bonchev–Trinajstić information content (AvgIpc) is 2.73. The molecular formula is C22H28ClN3O3S. The van der Waals surface area contributed by atoms with Crippen LogP contribution >= 0.6 is 11.6 Å². The first-order chi connectivity index (χ1) is 14.2. The molecular weight excluding hydrogens is 422 g/mol. The van der Waals surface area contributed by atoms with Crippen LogP contribution in [0, 0.1) is 5.92 Å².